The van der Waals surface area contributed by atoms with Crippen LogP contribution in [-0.4, -0.2) is 48.5 Å². The van der Waals surface area contributed by atoms with Crippen molar-refractivity contribution in [3.63, 3.8) is 0 Å². The van der Waals surface area contributed by atoms with Crippen molar-refractivity contribution < 1.29 is 22.0 Å². The molecule has 1 aliphatic carbocycles. The molecule has 0 N–H and O–H groups in total. The van der Waals surface area contributed by atoms with Crippen molar-refractivity contribution >= 4 is 5.82 Å². The Kier molecular flexibility index (Phi) is 4.20. The number of rotatable bonds is 3. The van der Waals surface area contributed by atoms with Crippen LogP contribution in [0, 0.1) is 5.92 Å². The average Bonchev–Trinajstić information content (AvgIpc) is 2.45. The molecule has 128 valence electrons. The Hall–Kier alpha value is -1.44. The van der Waals surface area contributed by atoms with Crippen LogP contribution in [0.1, 0.15) is 18.4 Å². The molecule has 2 heterocycles. The molecule has 2 fully saturated rings. The van der Waals surface area contributed by atoms with Crippen LogP contribution in [0.15, 0.2) is 18.3 Å². The van der Waals surface area contributed by atoms with Gasteiger partial charge in [0.2, 0.25) is 5.92 Å². The molecule has 8 heteroatoms. The number of piperazine rings is 1. The highest BCUT2D eigenvalue weighted by molar-refractivity contribution is 5.40. The van der Waals surface area contributed by atoms with Gasteiger partial charge in [0.25, 0.3) is 0 Å². The first kappa shape index (κ1) is 16.4. The summed E-state index contributed by atoms with van der Waals surface area (Å²) < 4.78 is 63.2. The fourth-order valence-electron chi connectivity index (χ4n) is 3.18. The largest absolute Gasteiger partial charge is 0.417 e. The molecule has 1 aromatic heterocycles. The summed E-state index contributed by atoms with van der Waals surface area (Å²) in [6.07, 6.45) is -3.60. The lowest BCUT2D eigenvalue weighted by Crippen LogP contribution is -2.50. The first-order valence-electron chi connectivity index (χ1n) is 7.61. The molecule has 3 nitrogen and oxygen atoms in total. The van der Waals surface area contributed by atoms with Gasteiger partial charge in [0, 0.05) is 51.8 Å². The number of anilines is 1. The normalized spacial score (nSPS) is 22.9. The first-order valence-corrected chi connectivity index (χ1v) is 7.61. The van der Waals surface area contributed by atoms with Crippen LogP contribution in [0.2, 0.25) is 0 Å². The van der Waals surface area contributed by atoms with Gasteiger partial charge in [-0.05, 0) is 18.1 Å². The van der Waals surface area contributed by atoms with E-state index in [4.69, 9.17) is 0 Å². The van der Waals surface area contributed by atoms with Crippen LogP contribution in [-0.2, 0) is 6.18 Å². The molecule has 0 spiro atoms. The van der Waals surface area contributed by atoms with E-state index in [9.17, 15) is 22.0 Å². The van der Waals surface area contributed by atoms with Crippen LogP contribution in [0.4, 0.5) is 27.8 Å². The molecule has 3 rings (SSSR count). The lowest BCUT2D eigenvalue weighted by molar-refractivity contribution is -0.137. The van der Waals surface area contributed by atoms with Gasteiger partial charge in [-0.3, -0.25) is 4.90 Å². The minimum atomic E-state index is -4.38. The Morgan fingerprint density at radius 1 is 1.09 bits per heavy atom. The van der Waals surface area contributed by atoms with Crippen molar-refractivity contribution in [2.45, 2.75) is 24.9 Å². The number of nitrogens with zero attached hydrogens (tertiary/aromatic N) is 3. The molecule has 0 radical (unpaired) electrons. The Morgan fingerprint density at radius 3 is 2.22 bits per heavy atom. The molecule has 1 saturated carbocycles. The molecular formula is C15H18F5N3. The van der Waals surface area contributed by atoms with Crippen LogP contribution < -0.4 is 4.90 Å². The number of alkyl halides is 5. The Morgan fingerprint density at radius 2 is 1.74 bits per heavy atom. The van der Waals surface area contributed by atoms with Crippen LogP contribution in [0.5, 0.6) is 0 Å². The van der Waals surface area contributed by atoms with Crippen molar-refractivity contribution in [3.8, 4) is 0 Å². The number of hydrogen-bond acceptors (Lipinski definition) is 3. The molecular weight excluding hydrogens is 317 g/mol. The second kappa shape index (κ2) is 5.89. The standard InChI is InChI=1S/C15H18F5N3/c16-14(17)7-11(8-14)10-22-3-5-23(6-4-22)13-2-1-12(9-21-13)15(18,19)20/h1-2,9,11H,3-8,10H2. The topological polar surface area (TPSA) is 19.4 Å². The van der Waals surface area contributed by atoms with Crippen LogP contribution in [0.25, 0.3) is 0 Å². The highest BCUT2D eigenvalue weighted by atomic mass is 19.4. The Labute approximate surface area is 131 Å². The van der Waals surface area contributed by atoms with Crippen LogP contribution >= 0.6 is 0 Å². The number of pyridine rings is 1. The average molecular weight is 335 g/mol. The van der Waals surface area contributed by atoms with Crippen molar-refractivity contribution in [3.05, 3.63) is 23.9 Å². The summed E-state index contributed by atoms with van der Waals surface area (Å²) in [7, 11) is 0. The molecule has 0 bridgehead atoms. The fraction of sp³-hybridized carbons (Fsp3) is 0.667. The SMILES string of the molecule is FC1(F)CC(CN2CCN(c3ccc(C(F)(F)F)cn3)CC2)C1. The predicted octanol–water partition coefficient (Wildman–Crippen LogP) is 3.27. The summed E-state index contributed by atoms with van der Waals surface area (Å²) in [6, 6.07) is 2.41. The zero-order valence-corrected chi connectivity index (χ0v) is 12.5. The van der Waals surface area contributed by atoms with Gasteiger partial charge in [0.15, 0.2) is 0 Å². The van der Waals surface area contributed by atoms with Gasteiger partial charge >= 0.3 is 6.18 Å². The third kappa shape index (κ3) is 3.91. The van der Waals surface area contributed by atoms with Gasteiger partial charge in [0.05, 0.1) is 5.56 Å². The van der Waals surface area contributed by atoms with Gasteiger partial charge in [-0.1, -0.05) is 0 Å². The van der Waals surface area contributed by atoms with Crippen molar-refractivity contribution in [2.24, 2.45) is 5.92 Å². The van der Waals surface area contributed by atoms with Crippen LogP contribution in [0.3, 0.4) is 0 Å². The van der Waals surface area contributed by atoms with Gasteiger partial charge in [-0.25, -0.2) is 13.8 Å². The van der Waals surface area contributed by atoms with Gasteiger partial charge < -0.3 is 4.90 Å². The van der Waals surface area contributed by atoms with Gasteiger partial charge in [-0.15, -0.1) is 0 Å². The maximum atomic E-state index is 12.8. The zero-order chi connectivity index (χ0) is 16.7. The van der Waals surface area contributed by atoms with E-state index in [1.165, 1.54) is 6.07 Å². The number of aromatic nitrogens is 1. The van der Waals surface area contributed by atoms with E-state index in [-0.39, 0.29) is 18.8 Å². The van der Waals surface area contributed by atoms with E-state index in [1.807, 2.05) is 4.90 Å². The molecule has 2 aliphatic rings. The number of hydrogen-bond donors (Lipinski definition) is 0. The minimum absolute atomic E-state index is 0.0341. The molecule has 1 aromatic rings. The second-order valence-corrected chi connectivity index (χ2v) is 6.32. The van der Waals surface area contributed by atoms with E-state index >= 15 is 0 Å². The molecule has 1 aliphatic heterocycles. The van der Waals surface area contributed by atoms with Gasteiger partial charge in [0.1, 0.15) is 5.82 Å². The van der Waals surface area contributed by atoms with Crippen molar-refractivity contribution in [2.75, 3.05) is 37.6 Å². The molecule has 0 aromatic carbocycles. The highest BCUT2D eigenvalue weighted by Crippen LogP contribution is 2.42. The van der Waals surface area contributed by atoms with E-state index < -0.39 is 17.7 Å². The minimum Gasteiger partial charge on any atom is -0.354 e. The predicted molar refractivity (Wildman–Crippen MR) is 75.6 cm³/mol. The summed E-state index contributed by atoms with van der Waals surface area (Å²) in [5, 5.41) is 0. The maximum absolute atomic E-state index is 12.8. The maximum Gasteiger partial charge on any atom is 0.417 e. The van der Waals surface area contributed by atoms with E-state index in [0.29, 0.717) is 38.5 Å². The zero-order valence-electron chi connectivity index (χ0n) is 12.5. The molecule has 0 atom stereocenters. The molecule has 23 heavy (non-hydrogen) atoms. The third-order valence-electron chi connectivity index (χ3n) is 4.46. The summed E-state index contributed by atoms with van der Waals surface area (Å²) >= 11 is 0. The molecule has 1 saturated heterocycles. The van der Waals surface area contributed by atoms with E-state index in [2.05, 4.69) is 9.88 Å². The smallest absolute Gasteiger partial charge is 0.354 e. The quantitative estimate of drug-likeness (QED) is 0.791. The summed E-state index contributed by atoms with van der Waals surface area (Å²) in [5.74, 6) is -1.91. The Bertz CT molecular complexity index is 527. The molecule has 0 unspecified atom stereocenters. The monoisotopic (exact) mass is 335 g/mol. The Balaban J connectivity index is 1.49. The van der Waals surface area contributed by atoms with E-state index in [0.717, 1.165) is 12.3 Å². The molecule has 0 amide bonds. The van der Waals surface area contributed by atoms with Crippen molar-refractivity contribution in [1.29, 1.82) is 0 Å². The summed E-state index contributed by atoms with van der Waals surface area (Å²) in [5.41, 5.74) is -0.759. The summed E-state index contributed by atoms with van der Waals surface area (Å²) in [4.78, 5) is 7.95. The van der Waals surface area contributed by atoms with Crippen molar-refractivity contribution in [1.82, 2.24) is 9.88 Å². The van der Waals surface area contributed by atoms with Gasteiger partial charge in [-0.2, -0.15) is 13.2 Å². The first-order chi connectivity index (χ1) is 10.7. The lowest BCUT2D eigenvalue weighted by Gasteiger charge is -2.41. The third-order valence-corrected chi connectivity index (χ3v) is 4.46. The van der Waals surface area contributed by atoms with E-state index in [1.54, 1.807) is 0 Å². The highest BCUT2D eigenvalue weighted by Gasteiger charge is 2.45. The number of halogens is 5. The fourth-order valence-corrected chi connectivity index (χ4v) is 3.18. The summed E-state index contributed by atoms with van der Waals surface area (Å²) in [6.45, 7) is 3.38. The second-order valence-electron chi connectivity index (χ2n) is 6.32. The lowest BCUT2D eigenvalue weighted by atomic mass is 9.81.